The highest BCUT2D eigenvalue weighted by molar-refractivity contribution is 7.90. The van der Waals surface area contributed by atoms with Crippen LogP contribution in [0.4, 0.5) is 0 Å². The highest BCUT2D eigenvalue weighted by atomic mass is 35.5. The summed E-state index contributed by atoms with van der Waals surface area (Å²) in [5.41, 5.74) is 1.30. The van der Waals surface area contributed by atoms with Crippen molar-refractivity contribution in [3.63, 3.8) is 0 Å². The molecule has 1 saturated heterocycles. The van der Waals surface area contributed by atoms with Gasteiger partial charge in [0.1, 0.15) is 10.9 Å². The van der Waals surface area contributed by atoms with E-state index in [4.69, 9.17) is 27.9 Å². The van der Waals surface area contributed by atoms with Gasteiger partial charge < -0.3 is 4.74 Å². The number of benzene rings is 2. The maximum Gasteiger partial charge on any atom is 0.269 e. The maximum atomic E-state index is 13.2. The average Bonchev–Trinajstić information content (AvgIpc) is 2.90. The zero-order chi connectivity index (χ0) is 19.2. The third-order valence-electron chi connectivity index (χ3n) is 4.88. The molecule has 0 bridgehead atoms. The van der Waals surface area contributed by atoms with Gasteiger partial charge in [0.2, 0.25) is 0 Å². The van der Waals surface area contributed by atoms with Crippen LogP contribution >= 0.6 is 23.2 Å². The first-order chi connectivity index (χ1) is 12.9. The van der Waals surface area contributed by atoms with E-state index in [0.717, 1.165) is 29.0 Å². The average molecular weight is 425 g/mol. The van der Waals surface area contributed by atoms with Crippen LogP contribution in [0.2, 0.25) is 10.2 Å². The van der Waals surface area contributed by atoms with Crippen molar-refractivity contribution in [2.24, 2.45) is 0 Å². The zero-order valence-electron chi connectivity index (χ0n) is 14.7. The fourth-order valence-electron chi connectivity index (χ4n) is 3.37. The Morgan fingerprint density at radius 2 is 1.78 bits per heavy atom. The summed E-state index contributed by atoms with van der Waals surface area (Å²) in [5, 5.41) is 0.821. The van der Waals surface area contributed by atoms with Crippen LogP contribution in [0.1, 0.15) is 12.0 Å². The van der Waals surface area contributed by atoms with Gasteiger partial charge in [-0.05, 0) is 43.8 Å². The molecule has 1 aliphatic heterocycles. The zero-order valence-corrected chi connectivity index (χ0v) is 17.0. The summed E-state index contributed by atoms with van der Waals surface area (Å²) in [6.07, 6.45) is 1.15. The molecule has 0 atom stereocenters. The molecule has 0 radical (unpaired) electrons. The van der Waals surface area contributed by atoms with E-state index in [1.807, 2.05) is 0 Å². The number of rotatable bonds is 5. The van der Waals surface area contributed by atoms with Gasteiger partial charge in [0.05, 0.1) is 22.5 Å². The number of aromatic nitrogens is 1. The molecule has 0 amide bonds. The van der Waals surface area contributed by atoms with Gasteiger partial charge in [0.25, 0.3) is 10.0 Å². The number of hydrogen-bond donors (Lipinski definition) is 0. The molecule has 0 N–H and O–H groups in total. The standard InChI is InChI=1S/C19H18Cl2N2O3S/c1-26-16-9-8-15-17(14(16)12-22-10-5-11-22)18(20)19(21)23(15)27(24,25)13-6-3-2-4-7-13/h2-4,6-9H,5,10-12H2,1H3. The van der Waals surface area contributed by atoms with E-state index >= 15 is 0 Å². The van der Waals surface area contributed by atoms with Crippen molar-refractivity contribution in [2.75, 3.05) is 20.2 Å². The molecule has 2 heterocycles. The monoisotopic (exact) mass is 424 g/mol. The second-order valence-corrected chi connectivity index (χ2v) is 8.98. The van der Waals surface area contributed by atoms with E-state index < -0.39 is 10.0 Å². The smallest absolute Gasteiger partial charge is 0.269 e. The SMILES string of the molecule is COc1ccc2c(c(Cl)c(Cl)n2S(=O)(=O)c2ccccc2)c1CN1CCC1. The van der Waals surface area contributed by atoms with Gasteiger partial charge in [-0.25, -0.2) is 12.4 Å². The van der Waals surface area contributed by atoms with Crippen molar-refractivity contribution in [3.05, 3.63) is 58.2 Å². The van der Waals surface area contributed by atoms with Gasteiger partial charge in [-0.2, -0.15) is 0 Å². The lowest BCUT2D eigenvalue weighted by atomic mass is 10.1. The van der Waals surface area contributed by atoms with Crippen LogP contribution in [0, 0.1) is 0 Å². The summed E-state index contributed by atoms with van der Waals surface area (Å²) < 4.78 is 33.1. The maximum absolute atomic E-state index is 13.2. The van der Waals surface area contributed by atoms with Crippen molar-refractivity contribution in [1.29, 1.82) is 0 Å². The molecule has 1 aliphatic rings. The molecule has 0 spiro atoms. The minimum absolute atomic E-state index is 0.0198. The van der Waals surface area contributed by atoms with Crippen molar-refractivity contribution < 1.29 is 13.2 Å². The summed E-state index contributed by atoms with van der Waals surface area (Å²) in [4.78, 5) is 2.41. The van der Waals surface area contributed by atoms with Crippen LogP contribution in [0.5, 0.6) is 5.75 Å². The quantitative estimate of drug-likeness (QED) is 0.608. The predicted octanol–water partition coefficient (Wildman–Crippen LogP) is 4.40. The molecule has 0 aliphatic carbocycles. The molecule has 3 aromatic rings. The lowest BCUT2D eigenvalue weighted by Gasteiger charge is -2.31. The number of nitrogens with zero attached hydrogens (tertiary/aromatic N) is 2. The van der Waals surface area contributed by atoms with E-state index in [0.29, 0.717) is 23.2 Å². The van der Waals surface area contributed by atoms with Gasteiger partial charge in [0, 0.05) is 17.5 Å². The number of methoxy groups -OCH3 is 1. The Hall–Kier alpha value is -1.73. The summed E-state index contributed by atoms with van der Waals surface area (Å²) in [5.74, 6) is 0.669. The lowest BCUT2D eigenvalue weighted by molar-refractivity contribution is 0.171. The van der Waals surface area contributed by atoms with Crippen molar-refractivity contribution in [2.45, 2.75) is 17.9 Å². The third-order valence-corrected chi connectivity index (χ3v) is 7.53. The molecule has 27 heavy (non-hydrogen) atoms. The fourth-order valence-corrected chi connectivity index (χ4v) is 5.60. The topological polar surface area (TPSA) is 51.5 Å². The van der Waals surface area contributed by atoms with Crippen LogP contribution in [0.25, 0.3) is 10.9 Å². The van der Waals surface area contributed by atoms with Gasteiger partial charge in [-0.15, -0.1) is 0 Å². The number of fused-ring (bicyclic) bond motifs is 1. The molecule has 5 nitrogen and oxygen atoms in total. The molecule has 2 aromatic carbocycles. The van der Waals surface area contributed by atoms with Crippen molar-refractivity contribution in [1.82, 2.24) is 8.87 Å². The van der Waals surface area contributed by atoms with Crippen LogP contribution < -0.4 is 4.74 Å². The molecule has 1 aromatic heterocycles. The Kier molecular flexibility index (Phi) is 4.84. The molecular formula is C19H18Cl2N2O3S. The first-order valence-corrected chi connectivity index (χ1v) is 10.7. The lowest BCUT2D eigenvalue weighted by Crippen LogP contribution is -2.36. The summed E-state index contributed by atoms with van der Waals surface area (Å²) in [7, 11) is -2.29. The number of likely N-dealkylation sites (tertiary alicyclic amines) is 1. The van der Waals surface area contributed by atoms with E-state index in [9.17, 15) is 8.42 Å². The highest BCUT2D eigenvalue weighted by Crippen LogP contribution is 2.42. The molecule has 0 saturated carbocycles. The van der Waals surface area contributed by atoms with E-state index in [2.05, 4.69) is 4.90 Å². The Morgan fingerprint density at radius 1 is 1.07 bits per heavy atom. The second kappa shape index (κ2) is 7.02. The Bertz CT molecular complexity index is 1110. The number of ether oxygens (including phenoxy) is 1. The predicted molar refractivity (Wildman–Crippen MR) is 107 cm³/mol. The second-order valence-electron chi connectivity index (χ2n) is 6.46. The highest BCUT2D eigenvalue weighted by Gasteiger charge is 2.29. The Balaban J connectivity index is 1.98. The molecule has 142 valence electrons. The third kappa shape index (κ3) is 3.01. The number of halogens is 2. The minimum Gasteiger partial charge on any atom is -0.496 e. The van der Waals surface area contributed by atoms with Gasteiger partial charge in [0.15, 0.2) is 0 Å². The van der Waals surface area contributed by atoms with Gasteiger partial charge in [-0.1, -0.05) is 41.4 Å². The van der Waals surface area contributed by atoms with Crippen LogP contribution in [0.15, 0.2) is 47.4 Å². The molecule has 0 unspecified atom stereocenters. The van der Waals surface area contributed by atoms with Gasteiger partial charge in [-0.3, -0.25) is 4.90 Å². The van der Waals surface area contributed by atoms with Crippen LogP contribution in [0.3, 0.4) is 0 Å². The van der Waals surface area contributed by atoms with Gasteiger partial charge >= 0.3 is 0 Å². The van der Waals surface area contributed by atoms with Crippen molar-refractivity contribution >= 4 is 44.1 Å². The van der Waals surface area contributed by atoms with E-state index in [1.54, 1.807) is 37.4 Å². The molecular weight excluding hydrogens is 407 g/mol. The fraction of sp³-hybridized carbons (Fsp3) is 0.263. The molecule has 1 fully saturated rings. The van der Waals surface area contributed by atoms with Crippen LogP contribution in [-0.4, -0.2) is 37.5 Å². The van der Waals surface area contributed by atoms with E-state index in [1.165, 1.54) is 12.1 Å². The van der Waals surface area contributed by atoms with Crippen molar-refractivity contribution in [3.8, 4) is 5.75 Å². The Labute approximate surface area is 168 Å². The summed E-state index contributed by atoms with van der Waals surface area (Å²) >= 11 is 12.9. The normalized spacial score (nSPS) is 15.1. The van der Waals surface area contributed by atoms with Crippen LogP contribution in [-0.2, 0) is 16.6 Å². The molecule has 8 heteroatoms. The number of hydrogen-bond acceptors (Lipinski definition) is 4. The largest absolute Gasteiger partial charge is 0.496 e. The van der Waals surface area contributed by atoms with E-state index in [-0.39, 0.29) is 15.1 Å². The first kappa shape index (κ1) is 18.6. The summed E-state index contributed by atoms with van der Waals surface area (Å²) in [6.45, 7) is 2.62. The minimum atomic E-state index is -3.89. The summed E-state index contributed by atoms with van der Waals surface area (Å²) in [6, 6.07) is 11.6. The first-order valence-electron chi connectivity index (χ1n) is 8.53. The Morgan fingerprint density at radius 3 is 2.37 bits per heavy atom. The molecule has 4 rings (SSSR count).